The van der Waals surface area contributed by atoms with E-state index in [1.807, 2.05) is 0 Å². The molecule has 0 saturated heterocycles. The first-order valence-corrected chi connectivity index (χ1v) is 6.85. The topological polar surface area (TPSA) is 40.5 Å². The first-order chi connectivity index (χ1) is 13.5. The van der Waals surface area contributed by atoms with Crippen molar-refractivity contribution in [3.05, 3.63) is 0 Å². The van der Waals surface area contributed by atoms with Gasteiger partial charge in [0.25, 0.3) is 0 Å². The van der Waals surface area contributed by atoms with Gasteiger partial charge >= 0.3 is 53.6 Å². The van der Waals surface area contributed by atoms with Crippen molar-refractivity contribution in [3.8, 4) is 0 Å². The number of hydrogen-bond acceptors (Lipinski definition) is 2. The molecule has 0 saturated carbocycles. The number of aliphatic hydroxyl groups excluding tert-OH is 2. The Morgan fingerprint density at radius 2 is 0.719 bits per heavy atom. The third-order valence-electron chi connectivity index (χ3n) is 3.73. The Labute approximate surface area is 161 Å². The van der Waals surface area contributed by atoms with Crippen LogP contribution in [0, 0.1) is 0 Å². The Bertz CT molecular complexity index is 677. The van der Waals surface area contributed by atoms with Gasteiger partial charge in [0, 0.05) is 0 Å². The van der Waals surface area contributed by atoms with E-state index in [1.165, 1.54) is 0 Å². The summed E-state index contributed by atoms with van der Waals surface area (Å²) in [5, 5.41) is 16.2. The molecule has 0 spiro atoms. The minimum absolute atomic E-state index is 3.29. The molecule has 2 nitrogen and oxygen atoms in total. The summed E-state index contributed by atoms with van der Waals surface area (Å²) >= 11 is 0. The summed E-state index contributed by atoms with van der Waals surface area (Å²) in [6.45, 7) is -3.29. The zero-order valence-corrected chi connectivity index (χ0v) is 13.9. The van der Waals surface area contributed by atoms with E-state index in [9.17, 15) is 83.4 Å². The van der Waals surface area contributed by atoms with E-state index < -0.39 is 66.3 Å². The van der Waals surface area contributed by atoms with Gasteiger partial charge < -0.3 is 10.2 Å². The summed E-state index contributed by atoms with van der Waals surface area (Å²) in [6, 6.07) is 0. The maximum atomic E-state index is 13.3. The van der Waals surface area contributed by atoms with E-state index in [2.05, 4.69) is 0 Å². The summed E-state index contributed by atoms with van der Waals surface area (Å²) in [7, 11) is 0. The molecule has 0 aliphatic heterocycles. The maximum absolute atomic E-state index is 13.3. The lowest BCUT2D eigenvalue weighted by atomic mass is 9.87. The van der Waals surface area contributed by atoms with Crippen molar-refractivity contribution in [3.63, 3.8) is 0 Å². The van der Waals surface area contributed by atoms with Gasteiger partial charge in [-0.2, -0.15) is 83.4 Å². The fraction of sp³-hybridized carbons (Fsp3) is 1.00. The minimum atomic E-state index is -8.85. The molecule has 32 heavy (non-hydrogen) atoms. The van der Waals surface area contributed by atoms with Crippen LogP contribution >= 0.6 is 0 Å². The number of rotatable bonds is 9. The average molecular weight is 530 g/mol. The van der Waals surface area contributed by atoms with Gasteiger partial charge in [0.1, 0.15) is 6.61 Å². The van der Waals surface area contributed by atoms with Crippen LogP contribution in [0.25, 0.3) is 0 Å². The lowest BCUT2D eigenvalue weighted by Crippen LogP contribution is -2.75. The molecule has 2 N–H and O–H groups in total. The molecule has 0 rings (SSSR count). The molecule has 194 valence electrons. The van der Waals surface area contributed by atoms with Gasteiger partial charge in [-0.3, -0.25) is 0 Å². The molecule has 0 fully saturated rings. The van der Waals surface area contributed by atoms with Crippen LogP contribution in [0.15, 0.2) is 0 Å². The largest absolute Gasteiger partial charge is 0.460 e. The summed E-state index contributed by atoms with van der Waals surface area (Å²) in [5.74, 6) is -64.9. The molecule has 0 heterocycles. The molecule has 21 heteroatoms. The van der Waals surface area contributed by atoms with Crippen LogP contribution in [-0.2, 0) is 0 Å². The summed E-state index contributed by atoms with van der Waals surface area (Å²) in [6.07, 6.45) is -14.1. The molecule has 0 aromatic heterocycles. The maximum Gasteiger partial charge on any atom is 0.460 e. The highest BCUT2D eigenvalue weighted by atomic mass is 19.4. The molecule has 0 aliphatic carbocycles. The molecule has 0 amide bonds. The first kappa shape index (κ1) is 30.6. The van der Waals surface area contributed by atoms with E-state index in [-0.39, 0.29) is 0 Å². The summed E-state index contributed by atoms with van der Waals surface area (Å²) < 4.78 is 244. The van der Waals surface area contributed by atoms with Gasteiger partial charge in [-0.1, -0.05) is 0 Å². The van der Waals surface area contributed by atoms with Crippen molar-refractivity contribution in [1.82, 2.24) is 0 Å². The zero-order chi connectivity index (χ0) is 26.8. The Balaban J connectivity index is 6.80. The van der Waals surface area contributed by atoms with E-state index in [1.54, 1.807) is 0 Å². The monoisotopic (exact) mass is 530 g/mol. The predicted molar refractivity (Wildman–Crippen MR) is 58.7 cm³/mol. The summed E-state index contributed by atoms with van der Waals surface area (Å²) in [5.41, 5.74) is 0. The van der Waals surface area contributed by atoms with Crippen LogP contribution in [0.4, 0.5) is 83.4 Å². The smallest absolute Gasteiger partial charge is 0.390 e. The van der Waals surface area contributed by atoms with Gasteiger partial charge in [-0.15, -0.1) is 0 Å². The van der Waals surface area contributed by atoms with Gasteiger partial charge in [0.15, 0.2) is 6.10 Å². The molecular formula is C11H5F19O2. The van der Waals surface area contributed by atoms with Crippen LogP contribution in [0.3, 0.4) is 0 Å². The SMILES string of the molecule is OCC(F)(F)C(F)(F)C(O)C(F)(F)C(F)(F)C(F)(F)C(F)(F)C(F)(F)C(F)(F)C(F)(F)F. The third kappa shape index (κ3) is 3.71. The minimum Gasteiger partial charge on any atom is -0.390 e. The highest BCUT2D eigenvalue weighted by Gasteiger charge is 2.94. The van der Waals surface area contributed by atoms with Crippen molar-refractivity contribution >= 4 is 0 Å². The third-order valence-corrected chi connectivity index (χ3v) is 3.73. The Hall–Kier alpha value is -1.41. The van der Waals surface area contributed by atoms with Crippen LogP contribution in [-0.4, -0.2) is 76.5 Å². The van der Waals surface area contributed by atoms with Crippen LogP contribution < -0.4 is 0 Å². The standard InChI is InChI=1S/C11H5F19O2/c12-3(13,1-31)4(14,15)2(32)5(16,17)6(18,19)7(20,21)8(22,23)9(24,25)10(26,27)11(28,29)30/h2,31-32H,1H2. The second kappa shape index (κ2) is 7.55. The molecule has 0 radical (unpaired) electrons. The Morgan fingerprint density at radius 3 is 1.00 bits per heavy atom. The van der Waals surface area contributed by atoms with Crippen LogP contribution in [0.5, 0.6) is 0 Å². The fourth-order valence-corrected chi connectivity index (χ4v) is 1.68. The first-order valence-electron chi connectivity index (χ1n) is 6.85. The Morgan fingerprint density at radius 1 is 0.438 bits per heavy atom. The van der Waals surface area contributed by atoms with Crippen molar-refractivity contribution in [2.24, 2.45) is 0 Å². The normalized spacial score (nSPS) is 17.5. The number of hydrogen-bond donors (Lipinski definition) is 2. The molecule has 1 unspecified atom stereocenters. The van der Waals surface area contributed by atoms with Crippen LogP contribution in [0.2, 0.25) is 0 Å². The molecule has 0 aromatic rings. The van der Waals surface area contributed by atoms with Crippen molar-refractivity contribution < 1.29 is 93.6 Å². The van der Waals surface area contributed by atoms with E-state index in [0.29, 0.717) is 0 Å². The quantitative estimate of drug-likeness (QED) is 0.413. The van der Waals surface area contributed by atoms with Crippen LogP contribution in [0.1, 0.15) is 0 Å². The second-order valence-corrected chi connectivity index (χ2v) is 5.88. The molecule has 1 atom stereocenters. The number of alkyl halides is 19. The van der Waals surface area contributed by atoms with Gasteiger partial charge in [-0.05, 0) is 0 Å². The van der Waals surface area contributed by atoms with Crippen molar-refractivity contribution in [1.29, 1.82) is 0 Å². The zero-order valence-electron chi connectivity index (χ0n) is 13.9. The average Bonchev–Trinajstić information content (AvgIpc) is 2.58. The molecule has 0 aromatic carbocycles. The van der Waals surface area contributed by atoms with Gasteiger partial charge in [0.2, 0.25) is 0 Å². The predicted octanol–water partition coefficient (Wildman–Crippen LogP) is 4.98. The van der Waals surface area contributed by atoms with Crippen molar-refractivity contribution in [2.75, 3.05) is 6.61 Å². The lowest BCUT2D eigenvalue weighted by Gasteiger charge is -2.43. The number of halogens is 19. The molecule has 0 aliphatic rings. The fourth-order valence-electron chi connectivity index (χ4n) is 1.68. The Kier molecular flexibility index (Phi) is 7.22. The van der Waals surface area contributed by atoms with Gasteiger partial charge in [0.05, 0.1) is 0 Å². The highest BCUT2D eigenvalue weighted by molar-refractivity contribution is 5.15. The van der Waals surface area contributed by atoms with E-state index >= 15 is 0 Å². The van der Waals surface area contributed by atoms with Gasteiger partial charge in [-0.25, -0.2) is 0 Å². The molecular weight excluding hydrogens is 525 g/mol. The summed E-state index contributed by atoms with van der Waals surface area (Å²) in [4.78, 5) is 0. The second-order valence-electron chi connectivity index (χ2n) is 5.88. The highest BCUT2D eigenvalue weighted by Crippen LogP contribution is 2.63. The van der Waals surface area contributed by atoms with E-state index in [0.717, 1.165) is 0 Å². The lowest BCUT2D eigenvalue weighted by molar-refractivity contribution is -0.460. The van der Waals surface area contributed by atoms with E-state index in [4.69, 9.17) is 10.2 Å². The molecule has 0 bridgehead atoms. The van der Waals surface area contributed by atoms with Crippen molar-refractivity contribution in [2.45, 2.75) is 59.7 Å². The number of aliphatic hydroxyl groups is 2.